The van der Waals surface area contributed by atoms with Crippen LogP contribution in [-0.2, 0) is 15.6 Å². The van der Waals surface area contributed by atoms with E-state index in [1.54, 1.807) is 18.3 Å². The van der Waals surface area contributed by atoms with Crippen LogP contribution in [-0.4, -0.2) is 33.5 Å². The van der Waals surface area contributed by atoms with E-state index in [0.717, 1.165) is 5.39 Å². The molecule has 27 heavy (non-hydrogen) atoms. The third kappa shape index (κ3) is 3.17. The number of rotatable bonds is 5. The minimum absolute atomic E-state index is 0.0871. The molecule has 1 aromatic carbocycles. The van der Waals surface area contributed by atoms with Crippen molar-refractivity contribution in [3.8, 4) is 11.4 Å². The molecule has 0 aliphatic rings. The molecule has 2 N–H and O–H groups in total. The number of nitro benzene ring substituents is 1. The Labute approximate surface area is 153 Å². The fourth-order valence-corrected chi connectivity index (χ4v) is 4.13. The first-order valence-corrected chi connectivity index (χ1v) is 9.53. The van der Waals surface area contributed by atoms with Gasteiger partial charge in [0.25, 0.3) is 5.69 Å². The van der Waals surface area contributed by atoms with E-state index in [-0.39, 0.29) is 16.3 Å². The van der Waals surface area contributed by atoms with Crippen LogP contribution >= 0.6 is 0 Å². The molecule has 0 aliphatic carbocycles. The minimum atomic E-state index is -3.69. The summed E-state index contributed by atoms with van der Waals surface area (Å²) in [6, 6.07) is 10.7. The predicted octanol–water partition coefficient (Wildman–Crippen LogP) is 2.84. The summed E-state index contributed by atoms with van der Waals surface area (Å²) in [4.78, 5) is 17.5. The van der Waals surface area contributed by atoms with E-state index in [1.165, 1.54) is 30.5 Å². The van der Waals surface area contributed by atoms with Gasteiger partial charge in [-0.15, -0.1) is 0 Å². The highest BCUT2D eigenvalue weighted by Crippen LogP contribution is 2.27. The van der Waals surface area contributed by atoms with Crippen molar-refractivity contribution in [3.63, 3.8) is 0 Å². The highest BCUT2D eigenvalue weighted by Gasteiger charge is 2.20. The number of aromatic amines is 2. The summed E-state index contributed by atoms with van der Waals surface area (Å²) in [5.41, 5.74) is 1.90. The number of fused-ring (bicyclic) bond motifs is 1. The third-order valence-electron chi connectivity index (χ3n) is 4.09. The smallest absolute Gasteiger partial charge is 0.269 e. The number of nitro groups is 1. The third-order valence-corrected chi connectivity index (χ3v) is 5.75. The molecule has 4 rings (SSSR count). The highest BCUT2D eigenvalue weighted by molar-refractivity contribution is 7.90. The lowest BCUT2D eigenvalue weighted by atomic mass is 10.2. The van der Waals surface area contributed by atoms with Gasteiger partial charge in [-0.05, 0) is 23.8 Å². The molecule has 0 amide bonds. The first kappa shape index (κ1) is 16.9. The zero-order chi connectivity index (χ0) is 19.0. The van der Waals surface area contributed by atoms with Crippen LogP contribution < -0.4 is 0 Å². The fourth-order valence-electron chi connectivity index (χ4n) is 2.81. The van der Waals surface area contributed by atoms with E-state index < -0.39 is 14.8 Å². The zero-order valence-electron chi connectivity index (χ0n) is 13.8. The maximum atomic E-state index is 12.7. The van der Waals surface area contributed by atoms with Crippen molar-refractivity contribution < 1.29 is 13.3 Å². The van der Waals surface area contributed by atoms with E-state index >= 15 is 0 Å². The lowest BCUT2D eigenvalue weighted by Crippen LogP contribution is -2.04. The molecule has 9 nitrogen and oxygen atoms in total. The number of nitrogens with zero attached hydrogens (tertiary/aromatic N) is 3. The topological polar surface area (TPSA) is 135 Å². The second kappa shape index (κ2) is 6.32. The van der Waals surface area contributed by atoms with Gasteiger partial charge in [0.15, 0.2) is 15.5 Å². The van der Waals surface area contributed by atoms with Crippen LogP contribution in [0.3, 0.4) is 0 Å². The van der Waals surface area contributed by atoms with Gasteiger partial charge in [0.05, 0.1) is 21.3 Å². The van der Waals surface area contributed by atoms with E-state index in [2.05, 4.69) is 20.2 Å². The van der Waals surface area contributed by atoms with Gasteiger partial charge in [-0.3, -0.25) is 15.2 Å². The summed E-state index contributed by atoms with van der Waals surface area (Å²) in [6.45, 7) is 0. The van der Waals surface area contributed by atoms with E-state index in [0.29, 0.717) is 22.6 Å². The van der Waals surface area contributed by atoms with Crippen LogP contribution in [0.5, 0.6) is 0 Å². The standard InChI is InChI=1S/C17H13N5O4S/c23-22(24)12-4-1-3-11(7-12)10-27(25,26)13-8-15(19-9-13)16-14-5-2-6-18-17(14)21-20-16/h1-9,19H,10H2,(H,18,20,21). The number of non-ortho nitro benzene ring substituents is 1. The average molecular weight is 383 g/mol. The van der Waals surface area contributed by atoms with Crippen molar-refractivity contribution in [2.75, 3.05) is 0 Å². The van der Waals surface area contributed by atoms with Crippen molar-refractivity contribution in [3.05, 3.63) is 70.5 Å². The van der Waals surface area contributed by atoms with Gasteiger partial charge in [-0.1, -0.05) is 12.1 Å². The van der Waals surface area contributed by atoms with Gasteiger partial charge in [-0.2, -0.15) is 5.10 Å². The summed E-state index contributed by atoms with van der Waals surface area (Å²) in [5.74, 6) is -0.338. The maximum absolute atomic E-state index is 12.7. The van der Waals surface area contributed by atoms with Crippen LogP contribution in [0.1, 0.15) is 5.56 Å². The molecule has 136 valence electrons. The lowest BCUT2D eigenvalue weighted by molar-refractivity contribution is -0.384. The summed E-state index contributed by atoms with van der Waals surface area (Å²) in [5, 5.41) is 18.6. The molecular formula is C17H13N5O4S. The summed E-state index contributed by atoms with van der Waals surface area (Å²) < 4.78 is 25.4. The SMILES string of the molecule is O=[N+]([O-])c1cccc(CS(=O)(=O)c2c[nH]c(-c3n[nH]c4ncccc34)c2)c1. The Morgan fingerprint density at radius 2 is 2.00 bits per heavy atom. The number of sulfone groups is 1. The molecule has 0 saturated heterocycles. The molecule has 10 heteroatoms. The molecule has 0 saturated carbocycles. The molecule has 0 atom stereocenters. The van der Waals surface area contributed by atoms with Gasteiger partial charge in [0, 0.05) is 29.9 Å². The molecule has 0 bridgehead atoms. The normalized spacial score (nSPS) is 11.7. The first-order valence-electron chi connectivity index (χ1n) is 7.88. The number of pyridine rings is 1. The molecule has 0 aliphatic heterocycles. The van der Waals surface area contributed by atoms with Crippen LogP contribution in [0.15, 0.2) is 59.8 Å². The van der Waals surface area contributed by atoms with Crippen LogP contribution in [0.25, 0.3) is 22.4 Å². The summed E-state index contributed by atoms with van der Waals surface area (Å²) in [7, 11) is -3.69. The molecule has 0 radical (unpaired) electrons. The van der Waals surface area contributed by atoms with Gasteiger partial charge < -0.3 is 4.98 Å². The summed E-state index contributed by atoms with van der Waals surface area (Å²) in [6.07, 6.45) is 3.02. The number of benzene rings is 1. The Bertz CT molecular complexity index is 1260. The number of nitrogens with one attached hydrogen (secondary N) is 2. The highest BCUT2D eigenvalue weighted by atomic mass is 32.2. The molecular weight excluding hydrogens is 370 g/mol. The Morgan fingerprint density at radius 1 is 1.15 bits per heavy atom. The Kier molecular flexibility index (Phi) is 3.96. The molecule has 4 aromatic rings. The van der Waals surface area contributed by atoms with Gasteiger partial charge >= 0.3 is 0 Å². The first-order chi connectivity index (χ1) is 12.9. The number of hydrogen-bond acceptors (Lipinski definition) is 6. The molecule has 0 spiro atoms. The molecule has 3 heterocycles. The van der Waals surface area contributed by atoms with E-state index in [1.807, 2.05) is 6.07 Å². The van der Waals surface area contributed by atoms with Crippen LogP contribution in [0.2, 0.25) is 0 Å². The van der Waals surface area contributed by atoms with Crippen LogP contribution in [0.4, 0.5) is 5.69 Å². The number of hydrogen-bond donors (Lipinski definition) is 2. The van der Waals surface area contributed by atoms with Crippen molar-refractivity contribution in [1.29, 1.82) is 0 Å². The monoisotopic (exact) mass is 383 g/mol. The minimum Gasteiger partial charge on any atom is -0.359 e. The largest absolute Gasteiger partial charge is 0.359 e. The van der Waals surface area contributed by atoms with Crippen molar-refractivity contribution in [2.45, 2.75) is 10.6 Å². The number of aromatic nitrogens is 4. The van der Waals surface area contributed by atoms with Gasteiger partial charge in [0.1, 0.15) is 5.69 Å². The van der Waals surface area contributed by atoms with Crippen molar-refractivity contribution in [2.24, 2.45) is 0 Å². The quantitative estimate of drug-likeness (QED) is 0.402. The lowest BCUT2D eigenvalue weighted by Gasteiger charge is -2.02. The Hall–Kier alpha value is -3.53. The number of H-pyrrole nitrogens is 2. The van der Waals surface area contributed by atoms with Crippen molar-refractivity contribution >= 4 is 26.6 Å². The fraction of sp³-hybridized carbons (Fsp3) is 0.0588. The van der Waals surface area contributed by atoms with Crippen LogP contribution in [0, 0.1) is 10.1 Å². The molecule has 0 fully saturated rings. The average Bonchev–Trinajstić information content (AvgIpc) is 3.28. The Morgan fingerprint density at radius 3 is 2.81 bits per heavy atom. The molecule has 3 aromatic heterocycles. The van der Waals surface area contributed by atoms with E-state index in [4.69, 9.17) is 0 Å². The maximum Gasteiger partial charge on any atom is 0.269 e. The zero-order valence-corrected chi connectivity index (χ0v) is 14.6. The van der Waals surface area contributed by atoms with Gasteiger partial charge in [0.2, 0.25) is 0 Å². The second-order valence-electron chi connectivity index (χ2n) is 5.91. The van der Waals surface area contributed by atoms with Gasteiger partial charge in [-0.25, -0.2) is 13.4 Å². The molecule has 0 unspecified atom stereocenters. The summed E-state index contributed by atoms with van der Waals surface area (Å²) >= 11 is 0. The Balaban J connectivity index is 1.66. The van der Waals surface area contributed by atoms with E-state index in [9.17, 15) is 18.5 Å². The predicted molar refractivity (Wildman–Crippen MR) is 97.7 cm³/mol. The van der Waals surface area contributed by atoms with Crippen molar-refractivity contribution in [1.82, 2.24) is 20.2 Å². The second-order valence-corrected chi connectivity index (χ2v) is 7.90.